The molecule has 0 saturated carbocycles. The zero-order chi connectivity index (χ0) is 17.6. The number of alkyl halides is 3. The van der Waals surface area contributed by atoms with Crippen molar-refractivity contribution >= 4 is 11.5 Å². The van der Waals surface area contributed by atoms with Gasteiger partial charge in [0, 0.05) is 12.3 Å². The van der Waals surface area contributed by atoms with Gasteiger partial charge >= 0.3 is 6.18 Å². The van der Waals surface area contributed by atoms with Gasteiger partial charge in [-0.05, 0) is 18.6 Å². The second-order valence-corrected chi connectivity index (χ2v) is 5.28. The Hall–Kier alpha value is -2.71. The third-order valence-electron chi connectivity index (χ3n) is 3.72. The zero-order valence-corrected chi connectivity index (χ0v) is 12.3. The van der Waals surface area contributed by atoms with Crippen LogP contribution in [0.1, 0.15) is 18.4 Å². The van der Waals surface area contributed by atoms with E-state index in [1.54, 1.807) is 0 Å². The molecule has 0 spiro atoms. The Morgan fingerprint density at radius 3 is 2.54 bits per heavy atom. The van der Waals surface area contributed by atoms with Crippen LogP contribution in [0.5, 0.6) is 0 Å². The molecule has 1 unspecified atom stereocenters. The van der Waals surface area contributed by atoms with Gasteiger partial charge in [0.1, 0.15) is 11.3 Å². The van der Waals surface area contributed by atoms with E-state index in [1.807, 2.05) is 0 Å². The molecule has 0 saturated heterocycles. The van der Waals surface area contributed by atoms with E-state index in [4.69, 9.17) is 5.73 Å². The molecule has 3 aromatic rings. The van der Waals surface area contributed by atoms with Gasteiger partial charge in [-0.1, -0.05) is 6.07 Å². The standard InChI is InChI=1S/C15H11F5N4/c1-7(15(18,19)20)8-2-3-12-22-5-11(24(12)6-8)13-9(16)4-10(17)14(21)23-13/h2-7H,1H3,(H2,21,23). The summed E-state index contributed by atoms with van der Waals surface area (Å²) in [6.45, 7) is 1.02. The van der Waals surface area contributed by atoms with Gasteiger partial charge in [-0.3, -0.25) is 4.40 Å². The number of imidazole rings is 1. The molecule has 0 aliphatic rings. The molecule has 0 aliphatic heterocycles. The van der Waals surface area contributed by atoms with Crippen LogP contribution in [0.3, 0.4) is 0 Å². The van der Waals surface area contributed by atoms with Crippen LogP contribution in [0.25, 0.3) is 17.0 Å². The average molecular weight is 342 g/mol. The summed E-state index contributed by atoms with van der Waals surface area (Å²) in [7, 11) is 0. The number of anilines is 1. The van der Waals surface area contributed by atoms with Crippen LogP contribution < -0.4 is 5.73 Å². The number of nitrogens with zero attached hydrogens (tertiary/aromatic N) is 3. The van der Waals surface area contributed by atoms with Gasteiger partial charge in [-0.2, -0.15) is 13.2 Å². The summed E-state index contributed by atoms with van der Waals surface area (Å²) in [5, 5.41) is 0. The SMILES string of the molecule is CC(c1ccc2ncc(-c3nc(N)c(F)cc3F)n2c1)C(F)(F)F. The number of nitrogen functional groups attached to an aromatic ring is 1. The Labute approximate surface area is 132 Å². The minimum atomic E-state index is -4.42. The minimum absolute atomic E-state index is 0.0234. The van der Waals surface area contributed by atoms with Crippen LogP contribution in [-0.2, 0) is 0 Å². The van der Waals surface area contributed by atoms with Crippen LogP contribution in [0, 0.1) is 11.6 Å². The fourth-order valence-electron chi connectivity index (χ4n) is 2.28. The van der Waals surface area contributed by atoms with E-state index < -0.39 is 29.5 Å². The molecule has 3 heterocycles. The van der Waals surface area contributed by atoms with Gasteiger partial charge in [-0.25, -0.2) is 18.7 Å². The summed E-state index contributed by atoms with van der Waals surface area (Å²) >= 11 is 0. The third kappa shape index (κ3) is 2.66. The summed E-state index contributed by atoms with van der Waals surface area (Å²) in [5.41, 5.74) is 5.40. The van der Waals surface area contributed by atoms with E-state index in [-0.39, 0.29) is 17.0 Å². The summed E-state index contributed by atoms with van der Waals surface area (Å²) < 4.78 is 67.2. The molecule has 0 aromatic carbocycles. The average Bonchev–Trinajstić information content (AvgIpc) is 2.92. The maximum absolute atomic E-state index is 14.0. The van der Waals surface area contributed by atoms with E-state index in [1.165, 1.54) is 28.9 Å². The number of nitrogens with two attached hydrogens (primary N) is 1. The van der Waals surface area contributed by atoms with Gasteiger partial charge in [-0.15, -0.1) is 0 Å². The first-order valence-electron chi connectivity index (χ1n) is 6.84. The van der Waals surface area contributed by atoms with Crippen molar-refractivity contribution in [3.63, 3.8) is 0 Å². The molecule has 0 bridgehead atoms. The van der Waals surface area contributed by atoms with Gasteiger partial charge in [0.2, 0.25) is 0 Å². The van der Waals surface area contributed by atoms with Crippen molar-refractivity contribution < 1.29 is 22.0 Å². The number of aromatic nitrogens is 3. The van der Waals surface area contributed by atoms with Crippen molar-refractivity contribution in [3.8, 4) is 11.4 Å². The molecular formula is C15H11F5N4. The fraction of sp³-hybridized carbons (Fsp3) is 0.200. The van der Waals surface area contributed by atoms with Crippen LogP contribution in [0.15, 0.2) is 30.6 Å². The molecule has 3 rings (SSSR count). The predicted molar refractivity (Wildman–Crippen MR) is 77.2 cm³/mol. The van der Waals surface area contributed by atoms with Gasteiger partial charge in [0.25, 0.3) is 0 Å². The summed E-state index contributed by atoms with van der Waals surface area (Å²) in [5.74, 6) is -4.23. The molecule has 1 atom stereocenters. The molecule has 9 heteroatoms. The van der Waals surface area contributed by atoms with Crippen LogP contribution in [0.2, 0.25) is 0 Å². The highest BCUT2D eigenvalue weighted by Crippen LogP contribution is 2.35. The Morgan fingerprint density at radius 1 is 1.17 bits per heavy atom. The molecule has 0 amide bonds. The summed E-state index contributed by atoms with van der Waals surface area (Å²) in [4.78, 5) is 7.62. The zero-order valence-electron chi connectivity index (χ0n) is 12.3. The number of fused-ring (bicyclic) bond motifs is 1. The Morgan fingerprint density at radius 2 is 1.88 bits per heavy atom. The summed E-state index contributed by atoms with van der Waals surface area (Å²) in [6, 6.07) is 3.25. The number of rotatable bonds is 2. The maximum atomic E-state index is 14.0. The van der Waals surface area contributed by atoms with Crippen molar-refractivity contribution in [2.75, 3.05) is 5.73 Å². The molecule has 2 N–H and O–H groups in total. The lowest BCUT2D eigenvalue weighted by Gasteiger charge is -2.16. The van der Waals surface area contributed by atoms with Crippen molar-refractivity contribution in [2.24, 2.45) is 0 Å². The third-order valence-corrected chi connectivity index (χ3v) is 3.72. The smallest absolute Gasteiger partial charge is 0.381 e. The lowest BCUT2D eigenvalue weighted by atomic mass is 10.0. The Kier molecular flexibility index (Phi) is 3.66. The molecule has 3 aromatic heterocycles. The lowest BCUT2D eigenvalue weighted by Crippen LogP contribution is -2.18. The van der Waals surface area contributed by atoms with Gasteiger partial charge in [0.15, 0.2) is 17.5 Å². The lowest BCUT2D eigenvalue weighted by molar-refractivity contribution is -0.146. The normalized spacial score (nSPS) is 13.4. The fourth-order valence-corrected chi connectivity index (χ4v) is 2.28. The Bertz CT molecular complexity index is 916. The topological polar surface area (TPSA) is 56.2 Å². The maximum Gasteiger partial charge on any atom is 0.395 e. The van der Waals surface area contributed by atoms with Gasteiger partial charge in [0.05, 0.1) is 17.8 Å². The quantitative estimate of drug-likeness (QED) is 0.718. The van der Waals surface area contributed by atoms with Crippen molar-refractivity contribution in [1.29, 1.82) is 0 Å². The highest BCUT2D eigenvalue weighted by atomic mass is 19.4. The number of hydrogen-bond acceptors (Lipinski definition) is 3. The van der Waals surface area contributed by atoms with Crippen LogP contribution >= 0.6 is 0 Å². The first-order valence-corrected chi connectivity index (χ1v) is 6.84. The largest absolute Gasteiger partial charge is 0.395 e. The second kappa shape index (κ2) is 5.43. The monoisotopic (exact) mass is 342 g/mol. The van der Waals surface area contributed by atoms with Crippen molar-refractivity contribution in [3.05, 3.63) is 47.8 Å². The molecule has 126 valence electrons. The van der Waals surface area contributed by atoms with Crippen LogP contribution in [0.4, 0.5) is 27.8 Å². The van der Waals surface area contributed by atoms with Crippen LogP contribution in [-0.4, -0.2) is 20.5 Å². The number of pyridine rings is 2. The van der Waals surface area contributed by atoms with E-state index in [0.717, 1.165) is 6.92 Å². The molecule has 4 nitrogen and oxygen atoms in total. The summed E-state index contributed by atoms with van der Waals surface area (Å²) in [6.07, 6.45) is -1.98. The first-order chi connectivity index (χ1) is 11.2. The highest BCUT2D eigenvalue weighted by Gasteiger charge is 2.37. The highest BCUT2D eigenvalue weighted by molar-refractivity contribution is 5.62. The van der Waals surface area contributed by atoms with Crippen molar-refractivity contribution in [2.45, 2.75) is 19.0 Å². The first kappa shape index (κ1) is 16.2. The predicted octanol–water partition coefficient (Wildman–Crippen LogP) is 3.92. The Balaban J connectivity index is 2.18. The molecule has 0 radical (unpaired) electrons. The second-order valence-electron chi connectivity index (χ2n) is 5.28. The molecular weight excluding hydrogens is 331 g/mol. The molecule has 0 aliphatic carbocycles. The number of halogens is 5. The molecule has 24 heavy (non-hydrogen) atoms. The van der Waals surface area contributed by atoms with E-state index in [9.17, 15) is 22.0 Å². The minimum Gasteiger partial charge on any atom is -0.381 e. The number of hydrogen-bond donors (Lipinski definition) is 1. The van der Waals surface area contributed by atoms with E-state index in [0.29, 0.717) is 11.7 Å². The van der Waals surface area contributed by atoms with E-state index >= 15 is 0 Å². The van der Waals surface area contributed by atoms with E-state index in [2.05, 4.69) is 9.97 Å². The van der Waals surface area contributed by atoms with Gasteiger partial charge < -0.3 is 5.73 Å². The van der Waals surface area contributed by atoms with Crippen molar-refractivity contribution in [1.82, 2.24) is 14.4 Å². The molecule has 0 fully saturated rings.